The first kappa shape index (κ1) is 21.7. The van der Waals surface area contributed by atoms with Crippen LogP contribution in [0.5, 0.6) is 5.75 Å². The van der Waals surface area contributed by atoms with Crippen molar-refractivity contribution in [3.8, 4) is 5.75 Å². The van der Waals surface area contributed by atoms with Gasteiger partial charge in [-0.05, 0) is 82.1 Å². The number of amides is 1. The molecule has 152 valence electrons. The molecule has 0 spiro atoms. The van der Waals surface area contributed by atoms with Crippen LogP contribution in [0, 0.1) is 19.8 Å². The summed E-state index contributed by atoms with van der Waals surface area (Å²) in [5, 5.41) is 3.14. The predicted molar refractivity (Wildman–Crippen MR) is 112 cm³/mol. The first-order valence-corrected chi connectivity index (χ1v) is 10.5. The van der Waals surface area contributed by atoms with Crippen LogP contribution in [0.2, 0.25) is 0 Å². The van der Waals surface area contributed by atoms with Crippen molar-refractivity contribution in [3.05, 3.63) is 23.3 Å². The Hall–Kier alpha value is -1.55. The molecule has 0 saturated heterocycles. The first-order valence-electron chi connectivity index (χ1n) is 10.5. The SMILES string of the molecule is CCCO[C@]1(C(=O)Nc2cc(C)c(O[C@@H](C)CC)c(C)c2)CCC[C@H](C)C1. The van der Waals surface area contributed by atoms with Gasteiger partial charge in [-0.3, -0.25) is 4.79 Å². The number of anilines is 1. The topological polar surface area (TPSA) is 47.6 Å². The van der Waals surface area contributed by atoms with Gasteiger partial charge in [0, 0.05) is 12.3 Å². The van der Waals surface area contributed by atoms with Gasteiger partial charge in [0.15, 0.2) is 0 Å². The molecule has 0 bridgehead atoms. The Balaban J connectivity index is 2.19. The molecule has 4 nitrogen and oxygen atoms in total. The fourth-order valence-electron chi connectivity index (χ4n) is 3.94. The summed E-state index contributed by atoms with van der Waals surface area (Å²) in [5.74, 6) is 1.43. The van der Waals surface area contributed by atoms with Crippen LogP contribution in [0.15, 0.2) is 12.1 Å². The zero-order valence-electron chi connectivity index (χ0n) is 18.0. The summed E-state index contributed by atoms with van der Waals surface area (Å²) in [6.45, 7) is 13.2. The minimum absolute atomic E-state index is 0.00288. The zero-order chi connectivity index (χ0) is 20.0. The van der Waals surface area contributed by atoms with Gasteiger partial charge in [0.05, 0.1) is 6.10 Å². The molecule has 0 unspecified atom stereocenters. The number of ether oxygens (including phenoxy) is 2. The van der Waals surface area contributed by atoms with Gasteiger partial charge in [-0.25, -0.2) is 0 Å². The molecule has 1 amide bonds. The molecule has 0 aromatic heterocycles. The molecule has 2 rings (SSSR count). The summed E-state index contributed by atoms with van der Waals surface area (Å²) >= 11 is 0. The maximum Gasteiger partial charge on any atom is 0.256 e. The summed E-state index contributed by atoms with van der Waals surface area (Å²) in [6, 6.07) is 4.00. The summed E-state index contributed by atoms with van der Waals surface area (Å²) in [6.07, 6.45) is 5.87. The molecular weight excluding hydrogens is 338 g/mol. The lowest BCUT2D eigenvalue weighted by atomic mass is 9.78. The average molecular weight is 376 g/mol. The molecule has 4 heteroatoms. The highest BCUT2D eigenvalue weighted by atomic mass is 16.5. The second-order valence-corrected chi connectivity index (χ2v) is 8.27. The average Bonchev–Trinajstić information content (AvgIpc) is 2.62. The predicted octanol–water partition coefficient (Wildman–Crippen LogP) is 5.79. The van der Waals surface area contributed by atoms with Gasteiger partial charge in [0.1, 0.15) is 11.4 Å². The van der Waals surface area contributed by atoms with Crippen LogP contribution in [0.25, 0.3) is 0 Å². The van der Waals surface area contributed by atoms with E-state index < -0.39 is 5.60 Å². The summed E-state index contributed by atoms with van der Waals surface area (Å²) in [7, 11) is 0. The molecule has 1 aromatic rings. The molecule has 1 aromatic carbocycles. The molecule has 0 heterocycles. The van der Waals surface area contributed by atoms with Crippen LogP contribution in [0.3, 0.4) is 0 Å². The molecule has 1 saturated carbocycles. The third-order valence-electron chi connectivity index (χ3n) is 5.56. The Morgan fingerprint density at radius 1 is 1.30 bits per heavy atom. The third-order valence-corrected chi connectivity index (χ3v) is 5.56. The quantitative estimate of drug-likeness (QED) is 0.625. The number of carbonyl (C=O) groups is 1. The van der Waals surface area contributed by atoms with E-state index in [0.29, 0.717) is 12.5 Å². The van der Waals surface area contributed by atoms with E-state index in [9.17, 15) is 4.79 Å². The van der Waals surface area contributed by atoms with Gasteiger partial charge in [-0.15, -0.1) is 0 Å². The van der Waals surface area contributed by atoms with Crippen molar-refractivity contribution in [1.29, 1.82) is 0 Å². The standard InChI is InChI=1S/C23H37NO3/c1-7-12-26-23(11-9-10-16(3)15-23)22(25)24-20-13-17(4)21(18(5)14-20)27-19(6)8-2/h13-14,16,19H,7-12,15H2,1-6H3,(H,24,25)/t16-,19-,23+/m0/s1. The zero-order valence-corrected chi connectivity index (χ0v) is 18.0. The molecule has 0 radical (unpaired) electrons. The van der Waals surface area contributed by atoms with Crippen molar-refractivity contribution in [3.63, 3.8) is 0 Å². The van der Waals surface area contributed by atoms with E-state index in [2.05, 4.69) is 33.0 Å². The molecule has 27 heavy (non-hydrogen) atoms. The number of hydrogen-bond donors (Lipinski definition) is 1. The van der Waals surface area contributed by atoms with Crippen molar-refractivity contribution < 1.29 is 14.3 Å². The molecular formula is C23H37NO3. The molecule has 1 N–H and O–H groups in total. The van der Waals surface area contributed by atoms with Gasteiger partial charge in [0.2, 0.25) is 0 Å². The van der Waals surface area contributed by atoms with Crippen LogP contribution in [-0.2, 0) is 9.53 Å². The third kappa shape index (κ3) is 5.47. The van der Waals surface area contributed by atoms with Crippen LogP contribution in [0.4, 0.5) is 5.69 Å². The molecule has 0 aliphatic heterocycles. The van der Waals surface area contributed by atoms with Crippen molar-refractivity contribution in [2.75, 3.05) is 11.9 Å². The van der Waals surface area contributed by atoms with Gasteiger partial charge in [-0.1, -0.05) is 27.2 Å². The minimum Gasteiger partial charge on any atom is -0.490 e. The highest BCUT2D eigenvalue weighted by molar-refractivity contribution is 5.97. The lowest BCUT2D eigenvalue weighted by Gasteiger charge is -2.38. The molecule has 1 aliphatic carbocycles. The number of hydrogen-bond acceptors (Lipinski definition) is 3. The second-order valence-electron chi connectivity index (χ2n) is 8.27. The number of rotatable bonds is 8. The maximum atomic E-state index is 13.2. The second kappa shape index (κ2) is 9.59. The summed E-state index contributed by atoms with van der Waals surface area (Å²) < 4.78 is 12.2. The lowest BCUT2D eigenvalue weighted by molar-refractivity contribution is -0.148. The molecule has 3 atom stereocenters. The molecule has 1 fully saturated rings. The van der Waals surface area contributed by atoms with Crippen molar-refractivity contribution in [2.24, 2.45) is 5.92 Å². The lowest BCUT2D eigenvalue weighted by Crippen LogP contribution is -2.48. The summed E-state index contributed by atoms with van der Waals surface area (Å²) in [4.78, 5) is 13.2. The van der Waals surface area contributed by atoms with E-state index in [0.717, 1.165) is 54.7 Å². The van der Waals surface area contributed by atoms with Crippen LogP contribution in [-0.4, -0.2) is 24.2 Å². The van der Waals surface area contributed by atoms with Gasteiger partial charge < -0.3 is 14.8 Å². The van der Waals surface area contributed by atoms with E-state index in [1.54, 1.807) is 0 Å². The van der Waals surface area contributed by atoms with Crippen LogP contribution in [0.1, 0.15) is 77.3 Å². The smallest absolute Gasteiger partial charge is 0.256 e. The van der Waals surface area contributed by atoms with E-state index in [4.69, 9.17) is 9.47 Å². The van der Waals surface area contributed by atoms with E-state index in [-0.39, 0.29) is 12.0 Å². The Kier molecular flexibility index (Phi) is 7.72. The minimum atomic E-state index is -0.693. The molecule has 1 aliphatic rings. The normalized spacial score (nSPS) is 23.7. The Morgan fingerprint density at radius 2 is 1.96 bits per heavy atom. The number of aryl methyl sites for hydroxylation is 2. The highest BCUT2D eigenvalue weighted by Crippen LogP contribution is 2.37. The maximum absolute atomic E-state index is 13.2. The van der Waals surface area contributed by atoms with E-state index >= 15 is 0 Å². The van der Waals surface area contributed by atoms with E-state index in [1.807, 2.05) is 26.0 Å². The van der Waals surface area contributed by atoms with Gasteiger partial charge in [-0.2, -0.15) is 0 Å². The van der Waals surface area contributed by atoms with Gasteiger partial charge in [0.25, 0.3) is 5.91 Å². The van der Waals surface area contributed by atoms with E-state index in [1.165, 1.54) is 6.42 Å². The Morgan fingerprint density at radius 3 is 2.52 bits per heavy atom. The van der Waals surface area contributed by atoms with Crippen LogP contribution < -0.4 is 10.1 Å². The fourth-order valence-corrected chi connectivity index (χ4v) is 3.94. The van der Waals surface area contributed by atoms with Crippen LogP contribution >= 0.6 is 0 Å². The number of benzene rings is 1. The summed E-state index contributed by atoms with van der Waals surface area (Å²) in [5.41, 5.74) is 2.22. The van der Waals surface area contributed by atoms with Crippen molar-refractivity contribution in [1.82, 2.24) is 0 Å². The first-order chi connectivity index (χ1) is 12.8. The van der Waals surface area contributed by atoms with Crippen molar-refractivity contribution >= 4 is 11.6 Å². The Labute approximate surface area is 165 Å². The monoisotopic (exact) mass is 375 g/mol. The Bertz CT molecular complexity index is 620. The highest BCUT2D eigenvalue weighted by Gasteiger charge is 2.42. The number of nitrogens with one attached hydrogen (secondary N) is 1. The number of carbonyl (C=O) groups excluding carboxylic acids is 1. The van der Waals surface area contributed by atoms with Gasteiger partial charge >= 0.3 is 0 Å². The van der Waals surface area contributed by atoms with Crippen molar-refractivity contribution in [2.45, 2.75) is 91.8 Å². The largest absolute Gasteiger partial charge is 0.490 e. The fraction of sp³-hybridized carbons (Fsp3) is 0.696.